The number of ether oxygens (including phenoxy) is 5. The summed E-state index contributed by atoms with van der Waals surface area (Å²) in [5.41, 5.74) is 2.18. The molecule has 8 aromatic rings. The molecule has 5 aliphatic heterocycles. The number of carbonyl (C=O) groups is 8. The average Bonchev–Trinajstić information content (AvgIpc) is 1.57. The lowest BCUT2D eigenvalue weighted by atomic mass is 9.84. The highest BCUT2D eigenvalue weighted by Crippen LogP contribution is 2.52. The number of nitrogens with zero attached hydrogens (tertiary/aromatic N) is 16. The van der Waals surface area contributed by atoms with Gasteiger partial charge < -0.3 is 105 Å². The molecule has 0 radical (unpaired) electrons. The van der Waals surface area contributed by atoms with E-state index in [4.69, 9.17) is 33.7 Å². The van der Waals surface area contributed by atoms with Crippen LogP contribution in [0.5, 0.6) is 23.0 Å². The van der Waals surface area contributed by atoms with Crippen molar-refractivity contribution in [1.29, 1.82) is 0 Å². The Morgan fingerprint density at radius 3 is 0.979 bits per heavy atom. The quantitative estimate of drug-likeness (QED) is 0.0292. The molecule has 16 rings (SSSR count). The number of alkyl halides is 5. The molecular weight excluding hydrogens is 1820 g/mol. The third-order valence-electron chi connectivity index (χ3n) is 26.0. The predicted molar refractivity (Wildman–Crippen MR) is 526 cm³/mol. The summed E-state index contributed by atoms with van der Waals surface area (Å²) in [6, 6.07) is 19.2. The molecule has 3 saturated carbocycles. The van der Waals surface area contributed by atoms with E-state index in [1.807, 2.05) is 37.5 Å². The molecule has 4 aromatic heterocycles. The van der Waals surface area contributed by atoms with Crippen molar-refractivity contribution in [3.63, 3.8) is 0 Å². The first kappa shape index (κ1) is 104. The van der Waals surface area contributed by atoms with Gasteiger partial charge in [0.05, 0.1) is 97.6 Å². The number of amides is 8. The van der Waals surface area contributed by atoms with E-state index < -0.39 is 51.3 Å². The van der Waals surface area contributed by atoms with E-state index in [1.54, 1.807) is 184 Å². The zero-order valence-electron chi connectivity index (χ0n) is 83.5. The molecule has 37 nitrogen and oxygen atoms in total. The minimum absolute atomic E-state index is 0.00322. The standard InChI is InChI=1S/C27H34F2N6O4.C24H31FN6O3.C24H34N6O3.C23H28F2N6O3/c1-26(2)15-35(18-12-27(28,29)13-18)22-20(34(3)24(26)37)14-30-25(33-22)32-19-6-5-16(11-21(19)38-4)23(36)31-17-7-9-39-10-8-17;1-23(2)13-31(12-15-10-24(15,3)25)19-17(30(5)21(23)33)11-27-22(29-19)28-16-8-7-14(20(32)26-4)9-18(16)34-6;1-23(2,3)13-30-14-24(4,5)21(32)29(7)17-12-26-22(28-19(17)30)27-16-10-9-15(20(31)25-6)11-18(16)33-8;1-22(2)12-31(14-9-23(24,25)10-14)18-16(30(4)20(22)33)11-27-21(29-18)28-15-7-6-13(19(32)26-3)8-17(15)34-5/h5-6,11,14,17-18H,7-10,12-13,15H2,1-4H3,(H,31,36)(H,30,32,33);7-9,11,15H,10,12-13H2,1-6H3,(H,26,32)(H,27,28,29);9-12H,13-14H2,1-8H3,(H,25,31)(H,26,27,28);6-8,11,14H,9-10,12H2,1-5H3,(H,26,32)(H,27,28,29). The molecule has 8 amide bonds. The Morgan fingerprint density at radius 2 is 0.693 bits per heavy atom. The summed E-state index contributed by atoms with van der Waals surface area (Å²) in [4.78, 5) is 151. The number of hydrogen-bond donors (Lipinski definition) is 8. The van der Waals surface area contributed by atoms with E-state index in [0.29, 0.717) is 165 Å². The molecule has 3 aliphatic carbocycles. The lowest BCUT2D eigenvalue weighted by molar-refractivity contribution is -0.126. The summed E-state index contributed by atoms with van der Waals surface area (Å²) in [6.45, 7) is 26.9. The van der Waals surface area contributed by atoms with Crippen molar-refractivity contribution in [3.05, 3.63) is 120 Å². The van der Waals surface area contributed by atoms with Crippen LogP contribution in [-0.2, 0) is 23.9 Å². The van der Waals surface area contributed by atoms with Crippen LogP contribution in [0.2, 0.25) is 0 Å². The molecule has 4 aromatic carbocycles. The SMILES string of the molecule is CNC(=O)c1ccc(Nc2ncc3c(n2)N(C2CC(F)(F)C2)CC(C)(C)C(=O)N3C)c(OC)c1.CNC(=O)c1ccc(Nc2ncc3c(n2)N(CC(C)(C)C)CC(C)(C)C(=O)N3C)c(OC)c1.CNC(=O)c1ccc(Nc2ncc3c(n2)N(CC2CC2(C)F)CC(C)(C)C(=O)N3C)c(OC)c1.COc1cc(C(=O)NC2CCOCC2)ccc1Nc1ncc2c(n1)N(C1CC(F)(F)C1)CC(C)(C)C(=O)N2C. The number of nitrogens with one attached hydrogen (secondary N) is 8. The summed E-state index contributed by atoms with van der Waals surface area (Å²) in [5, 5.41) is 23.3. The Bertz CT molecular complexity index is 6020. The minimum atomic E-state index is -2.72. The monoisotopic (exact) mass is 1940 g/mol. The first-order valence-electron chi connectivity index (χ1n) is 46.2. The Kier molecular flexibility index (Phi) is 30.0. The van der Waals surface area contributed by atoms with Gasteiger partial charge in [-0.1, -0.05) is 20.8 Å². The van der Waals surface area contributed by atoms with Crippen LogP contribution < -0.4 is 101 Å². The van der Waals surface area contributed by atoms with E-state index in [2.05, 4.69) is 98.1 Å². The smallest absolute Gasteiger partial charge is 0.252 e. The van der Waals surface area contributed by atoms with Crippen LogP contribution in [0.4, 0.5) is 115 Å². The van der Waals surface area contributed by atoms with Gasteiger partial charge in [0.1, 0.15) is 51.4 Å². The highest BCUT2D eigenvalue weighted by molar-refractivity contribution is 6.05. The zero-order valence-corrected chi connectivity index (χ0v) is 83.5. The van der Waals surface area contributed by atoms with Crippen LogP contribution in [0.1, 0.15) is 169 Å². The number of halogens is 5. The second kappa shape index (κ2) is 40.5. The lowest BCUT2D eigenvalue weighted by Gasteiger charge is -2.44. The summed E-state index contributed by atoms with van der Waals surface area (Å²) < 4.78 is 96.8. The number of fused-ring (bicyclic) bond motifs is 4. The van der Waals surface area contributed by atoms with Gasteiger partial charge in [-0.2, -0.15) is 19.9 Å². The normalized spacial score (nSPS) is 19.8. The zero-order chi connectivity index (χ0) is 102. The Labute approximate surface area is 811 Å². The van der Waals surface area contributed by atoms with Crippen LogP contribution in [0.15, 0.2) is 97.6 Å². The third-order valence-corrected chi connectivity index (χ3v) is 26.0. The first-order valence-corrected chi connectivity index (χ1v) is 46.2. The molecule has 0 bridgehead atoms. The largest absolute Gasteiger partial charge is 0.495 e. The van der Waals surface area contributed by atoms with E-state index in [-0.39, 0.29) is 115 Å². The van der Waals surface area contributed by atoms with Crippen LogP contribution in [-0.4, -0.2) is 253 Å². The van der Waals surface area contributed by atoms with E-state index in [0.717, 1.165) is 19.4 Å². The molecule has 9 heterocycles. The fourth-order valence-electron chi connectivity index (χ4n) is 18.0. The van der Waals surface area contributed by atoms with Gasteiger partial charge in [0, 0.05) is 174 Å². The molecular formula is C98H127F5N24O13. The maximum Gasteiger partial charge on any atom is 0.252 e. The van der Waals surface area contributed by atoms with Crippen LogP contribution in [0.25, 0.3) is 0 Å². The second-order valence-corrected chi connectivity index (χ2v) is 40.4. The van der Waals surface area contributed by atoms with Crippen molar-refractivity contribution < 1.29 is 84.0 Å². The Balaban J connectivity index is 0.000000158. The molecule has 752 valence electrons. The average molecular weight is 1940 g/mol. The number of hydrogen-bond acceptors (Lipinski definition) is 29. The number of anilines is 16. The molecule has 1 saturated heterocycles. The van der Waals surface area contributed by atoms with Crippen molar-refractivity contribution in [3.8, 4) is 23.0 Å². The van der Waals surface area contributed by atoms with Gasteiger partial charge in [-0.25, -0.2) is 41.9 Å². The minimum Gasteiger partial charge on any atom is -0.495 e. The first-order chi connectivity index (χ1) is 65.7. The molecule has 0 spiro atoms. The van der Waals surface area contributed by atoms with E-state index in [9.17, 15) is 60.3 Å². The highest BCUT2D eigenvalue weighted by atomic mass is 19.3. The van der Waals surface area contributed by atoms with Gasteiger partial charge in [0.15, 0.2) is 23.3 Å². The van der Waals surface area contributed by atoms with Crippen LogP contribution in [0, 0.1) is 33.0 Å². The van der Waals surface area contributed by atoms with Crippen LogP contribution >= 0.6 is 0 Å². The fraction of sp³-hybridized carbons (Fsp3) is 0.510. The second-order valence-electron chi connectivity index (χ2n) is 40.4. The highest BCUT2D eigenvalue weighted by Gasteiger charge is 2.56. The molecule has 140 heavy (non-hydrogen) atoms. The van der Waals surface area contributed by atoms with Crippen molar-refractivity contribution in [2.75, 3.05) is 191 Å². The molecule has 4 fully saturated rings. The number of rotatable bonds is 22. The fourth-order valence-corrected chi connectivity index (χ4v) is 18.0. The number of aromatic nitrogens is 8. The van der Waals surface area contributed by atoms with Gasteiger partial charge in [0.2, 0.25) is 47.4 Å². The Morgan fingerprint density at radius 1 is 0.414 bits per heavy atom. The third kappa shape index (κ3) is 23.0. The number of carbonyl (C=O) groups excluding carboxylic acids is 8. The van der Waals surface area contributed by atoms with Crippen molar-refractivity contribution in [2.24, 2.45) is 33.0 Å². The van der Waals surface area contributed by atoms with Crippen molar-refractivity contribution in [2.45, 2.75) is 164 Å². The number of benzene rings is 4. The predicted octanol–water partition coefficient (Wildman–Crippen LogP) is 13.5. The topological polar surface area (TPSA) is 408 Å². The molecule has 8 aliphatic rings. The number of methoxy groups -OCH3 is 4. The summed E-state index contributed by atoms with van der Waals surface area (Å²) in [6.07, 6.45) is 7.18. The maximum atomic E-state index is 14.4. The Hall–Kier alpha value is -13.8. The van der Waals surface area contributed by atoms with Crippen molar-refractivity contribution >= 4 is 140 Å². The summed E-state index contributed by atoms with van der Waals surface area (Å²) >= 11 is 0. The molecule has 2 atom stereocenters. The van der Waals surface area contributed by atoms with Crippen LogP contribution in [0.3, 0.4) is 0 Å². The maximum absolute atomic E-state index is 14.4. The lowest BCUT2D eigenvalue weighted by Crippen LogP contribution is -2.54. The van der Waals surface area contributed by atoms with Gasteiger partial charge in [0.25, 0.3) is 35.5 Å². The summed E-state index contributed by atoms with van der Waals surface area (Å²) in [7, 11) is 17.5. The van der Waals surface area contributed by atoms with E-state index in [1.165, 1.54) is 50.6 Å². The molecule has 42 heteroatoms. The molecule has 8 N–H and O–H groups in total. The van der Waals surface area contributed by atoms with Crippen molar-refractivity contribution in [1.82, 2.24) is 61.1 Å². The van der Waals surface area contributed by atoms with Gasteiger partial charge in [-0.05, 0) is 160 Å². The van der Waals surface area contributed by atoms with E-state index >= 15 is 0 Å². The van der Waals surface area contributed by atoms with Gasteiger partial charge in [-0.3, -0.25) is 38.4 Å². The van der Waals surface area contributed by atoms with Gasteiger partial charge >= 0.3 is 0 Å². The molecule has 2 unspecified atom stereocenters. The van der Waals surface area contributed by atoms with Gasteiger partial charge in [-0.15, -0.1) is 0 Å². The summed E-state index contributed by atoms with van der Waals surface area (Å²) in [5.74, 6) is -1.77.